The number of tetrazole rings is 1. The number of amides is 1. The van der Waals surface area contributed by atoms with Gasteiger partial charge in [0.15, 0.2) is 0 Å². The van der Waals surface area contributed by atoms with Crippen molar-refractivity contribution in [2.75, 3.05) is 0 Å². The lowest BCUT2D eigenvalue weighted by atomic mass is 9.98. The summed E-state index contributed by atoms with van der Waals surface area (Å²) < 4.78 is 1.62. The molecular formula is C15H22N6O. The second-order valence-electron chi connectivity index (χ2n) is 5.71. The monoisotopic (exact) mass is 302 g/mol. The van der Waals surface area contributed by atoms with Crippen molar-refractivity contribution in [2.24, 2.45) is 5.92 Å². The van der Waals surface area contributed by atoms with Crippen molar-refractivity contribution >= 4 is 5.91 Å². The van der Waals surface area contributed by atoms with Crippen molar-refractivity contribution in [2.45, 2.75) is 45.7 Å². The summed E-state index contributed by atoms with van der Waals surface area (Å²) in [5, 5.41) is 14.0. The van der Waals surface area contributed by atoms with Crippen LogP contribution in [0, 0.1) is 5.92 Å². The van der Waals surface area contributed by atoms with Gasteiger partial charge in [-0.1, -0.05) is 19.9 Å². The van der Waals surface area contributed by atoms with E-state index in [4.69, 9.17) is 0 Å². The molecule has 1 N–H and O–H groups in total. The number of pyridine rings is 1. The highest BCUT2D eigenvalue weighted by Gasteiger charge is 2.16. The first-order chi connectivity index (χ1) is 10.6. The predicted octanol–water partition coefficient (Wildman–Crippen LogP) is 1.75. The topological polar surface area (TPSA) is 85.6 Å². The van der Waals surface area contributed by atoms with Gasteiger partial charge < -0.3 is 5.32 Å². The Hall–Kier alpha value is -2.31. The fourth-order valence-electron chi connectivity index (χ4n) is 2.28. The van der Waals surface area contributed by atoms with E-state index in [1.165, 1.54) is 0 Å². The molecule has 0 spiro atoms. The van der Waals surface area contributed by atoms with Gasteiger partial charge in [-0.25, -0.2) is 4.68 Å². The van der Waals surface area contributed by atoms with E-state index in [0.29, 0.717) is 25.3 Å². The van der Waals surface area contributed by atoms with Crippen LogP contribution in [0.15, 0.2) is 30.9 Å². The first kappa shape index (κ1) is 16.1. The molecular weight excluding hydrogens is 280 g/mol. The van der Waals surface area contributed by atoms with Crippen molar-refractivity contribution in [3.05, 3.63) is 36.4 Å². The molecule has 22 heavy (non-hydrogen) atoms. The van der Waals surface area contributed by atoms with Gasteiger partial charge in [-0.2, -0.15) is 0 Å². The molecule has 118 valence electrons. The van der Waals surface area contributed by atoms with Crippen molar-refractivity contribution in [3.63, 3.8) is 0 Å². The SMILES string of the molecule is CC(C)C[C@H](NC(=O)CCCn1cnnn1)c1cccnc1. The second kappa shape index (κ2) is 8.21. The van der Waals surface area contributed by atoms with E-state index in [0.717, 1.165) is 12.0 Å². The highest BCUT2D eigenvalue weighted by molar-refractivity contribution is 5.76. The van der Waals surface area contributed by atoms with Crippen LogP contribution in [0.5, 0.6) is 0 Å². The van der Waals surface area contributed by atoms with E-state index in [1.807, 2.05) is 18.3 Å². The van der Waals surface area contributed by atoms with Gasteiger partial charge in [-0.15, -0.1) is 5.10 Å². The summed E-state index contributed by atoms with van der Waals surface area (Å²) in [6, 6.07) is 3.91. The Morgan fingerprint density at radius 3 is 2.91 bits per heavy atom. The molecule has 0 saturated carbocycles. The number of carbonyl (C=O) groups excluding carboxylic acids is 1. The zero-order valence-corrected chi connectivity index (χ0v) is 13.0. The molecule has 0 aliphatic carbocycles. The van der Waals surface area contributed by atoms with Crippen LogP contribution in [0.2, 0.25) is 0 Å². The molecule has 0 fully saturated rings. The zero-order chi connectivity index (χ0) is 15.8. The molecule has 0 aliphatic rings. The van der Waals surface area contributed by atoms with Crippen molar-refractivity contribution in [1.29, 1.82) is 0 Å². The summed E-state index contributed by atoms with van der Waals surface area (Å²) in [4.78, 5) is 16.3. The lowest BCUT2D eigenvalue weighted by molar-refractivity contribution is -0.122. The Kier molecular flexibility index (Phi) is 6.00. The van der Waals surface area contributed by atoms with Crippen molar-refractivity contribution in [1.82, 2.24) is 30.5 Å². The van der Waals surface area contributed by atoms with E-state index in [1.54, 1.807) is 17.2 Å². The number of hydrogen-bond donors (Lipinski definition) is 1. The average molecular weight is 302 g/mol. The molecule has 2 heterocycles. The minimum absolute atomic E-state index is 0.00855. The normalized spacial score (nSPS) is 12.3. The van der Waals surface area contributed by atoms with Gasteiger partial charge in [0.2, 0.25) is 5.91 Å². The fourth-order valence-corrected chi connectivity index (χ4v) is 2.28. The van der Waals surface area contributed by atoms with E-state index < -0.39 is 0 Å². The summed E-state index contributed by atoms with van der Waals surface area (Å²) >= 11 is 0. The Bertz CT molecular complexity index is 555. The molecule has 7 nitrogen and oxygen atoms in total. The smallest absolute Gasteiger partial charge is 0.220 e. The summed E-state index contributed by atoms with van der Waals surface area (Å²) in [5.74, 6) is 0.536. The molecule has 0 aromatic carbocycles. The third kappa shape index (κ3) is 5.23. The number of aromatic nitrogens is 5. The number of rotatable bonds is 8. The van der Waals surface area contributed by atoms with Crippen LogP contribution >= 0.6 is 0 Å². The molecule has 2 rings (SSSR count). The van der Waals surface area contributed by atoms with Gasteiger partial charge in [0.25, 0.3) is 0 Å². The van der Waals surface area contributed by atoms with Gasteiger partial charge >= 0.3 is 0 Å². The molecule has 0 saturated heterocycles. The first-order valence-electron chi connectivity index (χ1n) is 7.55. The predicted molar refractivity (Wildman–Crippen MR) is 81.6 cm³/mol. The van der Waals surface area contributed by atoms with Crippen LogP contribution in [-0.4, -0.2) is 31.1 Å². The molecule has 0 aliphatic heterocycles. The number of carbonyl (C=O) groups is 1. The van der Waals surface area contributed by atoms with Gasteiger partial charge in [0.1, 0.15) is 6.33 Å². The third-order valence-electron chi connectivity index (χ3n) is 3.31. The standard InChI is InChI=1S/C15H22N6O/c1-12(2)9-14(13-5-3-7-16-10-13)18-15(22)6-4-8-21-11-17-19-20-21/h3,5,7,10-12,14H,4,6,8-9H2,1-2H3,(H,18,22)/t14-/m0/s1. The van der Waals surface area contributed by atoms with Gasteiger partial charge in [-0.05, 0) is 40.8 Å². The van der Waals surface area contributed by atoms with Gasteiger partial charge in [-0.3, -0.25) is 9.78 Å². The number of aryl methyl sites for hydroxylation is 1. The van der Waals surface area contributed by atoms with Crippen LogP contribution in [0.4, 0.5) is 0 Å². The lowest BCUT2D eigenvalue weighted by Crippen LogP contribution is -2.29. The minimum atomic E-state index is 0.00855. The maximum Gasteiger partial charge on any atom is 0.220 e. The van der Waals surface area contributed by atoms with Crippen LogP contribution < -0.4 is 5.32 Å². The van der Waals surface area contributed by atoms with E-state index in [2.05, 4.69) is 39.7 Å². The van der Waals surface area contributed by atoms with E-state index in [-0.39, 0.29) is 11.9 Å². The first-order valence-corrected chi connectivity index (χ1v) is 7.55. The van der Waals surface area contributed by atoms with Crippen LogP contribution in [0.25, 0.3) is 0 Å². The molecule has 1 atom stereocenters. The maximum absolute atomic E-state index is 12.1. The Balaban J connectivity index is 1.85. The lowest BCUT2D eigenvalue weighted by Gasteiger charge is -2.20. The summed E-state index contributed by atoms with van der Waals surface area (Å²) in [7, 11) is 0. The fraction of sp³-hybridized carbons (Fsp3) is 0.533. The zero-order valence-electron chi connectivity index (χ0n) is 13.0. The molecule has 7 heteroatoms. The van der Waals surface area contributed by atoms with Gasteiger partial charge in [0.05, 0.1) is 6.04 Å². The summed E-state index contributed by atoms with van der Waals surface area (Å²) in [6.07, 6.45) is 7.16. The minimum Gasteiger partial charge on any atom is -0.349 e. The second-order valence-corrected chi connectivity index (χ2v) is 5.71. The molecule has 0 bridgehead atoms. The highest BCUT2D eigenvalue weighted by atomic mass is 16.1. The molecule has 2 aromatic heterocycles. The maximum atomic E-state index is 12.1. The number of nitrogens with one attached hydrogen (secondary N) is 1. The van der Waals surface area contributed by atoms with Crippen LogP contribution in [0.3, 0.4) is 0 Å². The summed E-state index contributed by atoms with van der Waals surface area (Å²) in [5.41, 5.74) is 1.05. The van der Waals surface area contributed by atoms with E-state index in [9.17, 15) is 4.79 Å². The van der Waals surface area contributed by atoms with Crippen molar-refractivity contribution < 1.29 is 4.79 Å². The molecule has 1 amide bonds. The molecule has 2 aromatic rings. The largest absolute Gasteiger partial charge is 0.349 e. The van der Waals surface area contributed by atoms with Crippen molar-refractivity contribution in [3.8, 4) is 0 Å². The Labute approximate surface area is 130 Å². The highest BCUT2D eigenvalue weighted by Crippen LogP contribution is 2.20. The number of nitrogens with zero attached hydrogens (tertiary/aromatic N) is 5. The third-order valence-corrected chi connectivity index (χ3v) is 3.31. The summed E-state index contributed by atoms with van der Waals surface area (Å²) in [6.45, 7) is 4.93. The van der Waals surface area contributed by atoms with E-state index >= 15 is 0 Å². The Morgan fingerprint density at radius 2 is 2.27 bits per heavy atom. The molecule has 0 unspecified atom stereocenters. The van der Waals surface area contributed by atoms with Crippen LogP contribution in [-0.2, 0) is 11.3 Å². The Morgan fingerprint density at radius 1 is 1.41 bits per heavy atom. The van der Waals surface area contributed by atoms with Gasteiger partial charge in [0, 0.05) is 25.4 Å². The quantitative estimate of drug-likeness (QED) is 0.803. The number of hydrogen-bond acceptors (Lipinski definition) is 5. The molecule has 0 radical (unpaired) electrons. The van der Waals surface area contributed by atoms with Crippen LogP contribution in [0.1, 0.15) is 44.7 Å². The average Bonchev–Trinajstić information content (AvgIpc) is 3.00.